The van der Waals surface area contributed by atoms with Crippen LogP contribution in [0.1, 0.15) is 10.4 Å². The van der Waals surface area contributed by atoms with E-state index in [9.17, 15) is 14.0 Å². The average Bonchev–Trinajstić information content (AvgIpc) is 2.38. The number of nitrogens with zero attached hydrogens (tertiary/aromatic N) is 2. The Kier molecular flexibility index (Phi) is 4.92. The number of hydrogen-bond donors (Lipinski definition) is 1. The van der Waals surface area contributed by atoms with Crippen LogP contribution in [-0.2, 0) is 4.79 Å². The van der Waals surface area contributed by atoms with Gasteiger partial charge in [-0.3, -0.25) is 14.5 Å². The first-order chi connectivity index (χ1) is 9.47. The third-order valence-electron chi connectivity index (χ3n) is 3.18. The molecule has 0 aliphatic carbocycles. The van der Waals surface area contributed by atoms with Crippen LogP contribution in [0.15, 0.2) is 18.2 Å². The standard InChI is InChI=1S/C13H14FIN2O3/c14-9-1-2-10(11(15)7-9)13(20)17-5-3-16(4-6-17)8-12(18)19/h1-2,7H,3-6,8H2,(H,18,19). The summed E-state index contributed by atoms with van der Waals surface area (Å²) in [6.07, 6.45) is 0. The molecule has 1 aromatic carbocycles. The summed E-state index contributed by atoms with van der Waals surface area (Å²) in [5.41, 5.74) is 0.485. The molecule has 1 aliphatic rings. The highest BCUT2D eigenvalue weighted by atomic mass is 127. The minimum Gasteiger partial charge on any atom is -0.480 e. The van der Waals surface area contributed by atoms with Crippen molar-refractivity contribution < 1.29 is 19.1 Å². The van der Waals surface area contributed by atoms with Gasteiger partial charge in [0.2, 0.25) is 0 Å². The van der Waals surface area contributed by atoms with Gasteiger partial charge in [0.15, 0.2) is 0 Å². The predicted octanol–water partition coefficient (Wildman–Crippen LogP) is 1.27. The van der Waals surface area contributed by atoms with Crippen LogP contribution in [0.5, 0.6) is 0 Å². The summed E-state index contributed by atoms with van der Waals surface area (Å²) in [6, 6.07) is 4.09. The van der Waals surface area contributed by atoms with Gasteiger partial charge in [0.05, 0.1) is 12.1 Å². The highest BCUT2D eigenvalue weighted by Gasteiger charge is 2.24. The van der Waals surface area contributed by atoms with Crippen LogP contribution >= 0.6 is 22.6 Å². The van der Waals surface area contributed by atoms with Crippen LogP contribution in [-0.4, -0.2) is 59.5 Å². The summed E-state index contributed by atoms with van der Waals surface area (Å²) >= 11 is 1.94. The van der Waals surface area contributed by atoms with Crippen LogP contribution in [0.3, 0.4) is 0 Å². The Bertz CT molecular complexity index is 530. The van der Waals surface area contributed by atoms with Crippen molar-refractivity contribution in [2.24, 2.45) is 0 Å². The second kappa shape index (κ2) is 6.49. The fourth-order valence-electron chi connectivity index (χ4n) is 2.13. The van der Waals surface area contributed by atoms with Crippen molar-refractivity contribution >= 4 is 34.5 Å². The Morgan fingerprint density at radius 1 is 1.25 bits per heavy atom. The van der Waals surface area contributed by atoms with Crippen molar-refractivity contribution in [3.8, 4) is 0 Å². The first kappa shape index (κ1) is 15.2. The number of carbonyl (C=O) groups excluding carboxylic acids is 1. The van der Waals surface area contributed by atoms with Gasteiger partial charge >= 0.3 is 5.97 Å². The molecule has 108 valence electrons. The molecule has 1 fully saturated rings. The molecule has 1 amide bonds. The van der Waals surface area contributed by atoms with Crippen LogP contribution in [0.4, 0.5) is 4.39 Å². The van der Waals surface area contributed by atoms with Crippen molar-refractivity contribution in [2.45, 2.75) is 0 Å². The molecule has 0 atom stereocenters. The van der Waals surface area contributed by atoms with E-state index in [1.165, 1.54) is 18.2 Å². The zero-order valence-corrected chi connectivity index (χ0v) is 12.8. The van der Waals surface area contributed by atoms with Crippen molar-refractivity contribution in [1.82, 2.24) is 9.80 Å². The highest BCUT2D eigenvalue weighted by Crippen LogP contribution is 2.17. The fourth-order valence-corrected chi connectivity index (χ4v) is 2.84. The van der Waals surface area contributed by atoms with Crippen molar-refractivity contribution in [1.29, 1.82) is 0 Å². The lowest BCUT2D eigenvalue weighted by Gasteiger charge is -2.34. The molecule has 5 nitrogen and oxygen atoms in total. The average molecular weight is 392 g/mol. The summed E-state index contributed by atoms with van der Waals surface area (Å²) in [5.74, 6) is -1.36. The SMILES string of the molecule is O=C(O)CN1CCN(C(=O)c2ccc(F)cc2I)CC1. The number of aliphatic carboxylic acids is 1. The number of piperazine rings is 1. The Balaban J connectivity index is 1.99. The highest BCUT2D eigenvalue weighted by molar-refractivity contribution is 14.1. The molecule has 0 bridgehead atoms. The van der Waals surface area contributed by atoms with Gasteiger partial charge in [-0.15, -0.1) is 0 Å². The van der Waals surface area contributed by atoms with E-state index >= 15 is 0 Å². The lowest BCUT2D eigenvalue weighted by atomic mass is 10.2. The Hall–Kier alpha value is -1.22. The molecule has 0 saturated carbocycles. The van der Waals surface area contributed by atoms with Gasteiger partial charge in [-0.1, -0.05) is 0 Å². The lowest BCUT2D eigenvalue weighted by molar-refractivity contribution is -0.138. The zero-order valence-electron chi connectivity index (χ0n) is 10.7. The van der Waals surface area contributed by atoms with E-state index in [2.05, 4.69) is 0 Å². The molecule has 1 saturated heterocycles. The molecule has 1 heterocycles. The first-order valence-electron chi connectivity index (χ1n) is 6.16. The van der Waals surface area contributed by atoms with Gasteiger partial charge in [-0.05, 0) is 40.8 Å². The second-order valence-corrected chi connectivity index (χ2v) is 5.75. The molecular formula is C13H14FIN2O3. The number of amides is 1. The molecule has 1 aliphatic heterocycles. The molecule has 2 rings (SSSR count). The van der Waals surface area contributed by atoms with Gasteiger partial charge < -0.3 is 10.0 Å². The van der Waals surface area contributed by atoms with E-state index < -0.39 is 5.97 Å². The molecule has 20 heavy (non-hydrogen) atoms. The molecule has 0 radical (unpaired) electrons. The van der Waals surface area contributed by atoms with Gasteiger partial charge in [0.1, 0.15) is 5.82 Å². The van der Waals surface area contributed by atoms with E-state index in [-0.39, 0.29) is 18.3 Å². The molecule has 1 aromatic rings. The number of rotatable bonds is 3. The predicted molar refractivity (Wildman–Crippen MR) is 79.1 cm³/mol. The van der Waals surface area contributed by atoms with Crippen LogP contribution in [0.2, 0.25) is 0 Å². The van der Waals surface area contributed by atoms with Gasteiger partial charge in [-0.25, -0.2) is 4.39 Å². The van der Waals surface area contributed by atoms with Crippen LogP contribution in [0.25, 0.3) is 0 Å². The normalized spacial score (nSPS) is 16.2. The van der Waals surface area contributed by atoms with Gasteiger partial charge in [0.25, 0.3) is 5.91 Å². The van der Waals surface area contributed by atoms with E-state index in [1.807, 2.05) is 22.6 Å². The smallest absolute Gasteiger partial charge is 0.317 e. The van der Waals surface area contributed by atoms with Crippen molar-refractivity contribution in [3.63, 3.8) is 0 Å². The minimum atomic E-state index is -0.863. The number of carbonyl (C=O) groups is 2. The second-order valence-electron chi connectivity index (χ2n) is 4.59. The summed E-state index contributed by atoms with van der Waals surface area (Å²) in [4.78, 5) is 26.4. The summed E-state index contributed by atoms with van der Waals surface area (Å²) in [5, 5.41) is 8.72. The van der Waals surface area contributed by atoms with Gasteiger partial charge in [0, 0.05) is 29.7 Å². The molecule has 0 spiro atoms. The minimum absolute atomic E-state index is 0.00386. The molecular weight excluding hydrogens is 378 g/mol. The summed E-state index contributed by atoms with van der Waals surface area (Å²) < 4.78 is 13.6. The topological polar surface area (TPSA) is 60.9 Å². The summed E-state index contributed by atoms with van der Waals surface area (Å²) in [6.45, 7) is 2.04. The Morgan fingerprint density at radius 2 is 1.90 bits per heavy atom. The molecule has 1 N–H and O–H groups in total. The van der Waals surface area contributed by atoms with E-state index in [1.54, 1.807) is 9.80 Å². The first-order valence-corrected chi connectivity index (χ1v) is 7.23. The third-order valence-corrected chi connectivity index (χ3v) is 4.07. The maximum absolute atomic E-state index is 13.0. The van der Waals surface area contributed by atoms with E-state index in [0.717, 1.165) is 0 Å². The van der Waals surface area contributed by atoms with Crippen LogP contribution < -0.4 is 0 Å². The van der Waals surface area contributed by atoms with Crippen LogP contribution in [0, 0.1) is 9.39 Å². The van der Waals surface area contributed by atoms with E-state index in [4.69, 9.17) is 5.11 Å². The Morgan fingerprint density at radius 3 is 2.45 bits per heavy atom. The number of hydrogen-bond acceptors (Lipinski definition) is 3. The maximum atomic E-state index is 13.0. The third kappa shape index (κ3) is 3.66. The maximum Gasteiger partial charge on any atom is 0.317 e. The zero-order chi connectivity index (χ0) is 14.7. The number of carboxylic acids is 1. The monoisotopic (exact) mass is 392 g/mol. The largest absolute Gasteiger partial charge is 0.480 e. The number of halogens is 2. The quantitative estimate of drug-likeness (QED) is 0.788. The number of carboxylic acid groups (broad SMARTS) is 1. The molecule has 0 aromatic heterocycles. The molecule has 0 unspecified atom stereocenters. The molecule has 7 heteroatoms. The van der Waals surface area contributed by atoms with Crippen molar-refractivity contribution in [3.05, 3.63) is 33.1 Å². The fraction of sp³-hybridized carbons (Fsp3) is 0.385. The number of benzene rings is 1. The van der Waals surface area contributed by atoms with E-state index in [0.29, 0.717) is 35.3 Å². The van der Waals surface area contributed by atoms with Gasteiger partial charge in [-0.2, -0.15) is 0 Å². The Labute approximate surface area is 129 Å². The van der Waals surface area contributed by atoms with Crippen molar-refractivity contribution in [2.75, 3.05) is 32.7 Å². The lowest BCUT2D eigenvalue weighted by Crippen LogP contribution is -2.50. The summed E-state index contributed by atoms with van der Waals surface area (Å²) in [7, 11) is 0.